The maximum Gasteiger partial charge on any atom is 0.461 e. The first kappa shape index (κ1) is 28.2. The number of halogens is 8. The van der Waals surface area contributed by atoms with Crippen LogP contribution in [0.15, 0.2) is 72.8 Å². The van der Waals surface area contributed by atoms with Gasteiger partial charge in [0.25, 0.3) is 5.92 Å². The number of hydrogen-bond donors (Lipinski definition) is 2. The third-order valence-electron chi connectivity index (χ3n) is 6.27. The van der Waals surface area contributed by atoms with Gasteiger partial charge in [0.2, 0.25) is 0 Å². The minimum Gasteiger partial charge on any atom is -0.428 e. The quantitative estimate of drug-likeness (QED) is 0.285. The van der Waals surface area contributed by atoms with Crippen molar-refractivity contribution in [1.82, 2.24) is 10.6 Å². The summed E-state index contributed by atoms with van der Waals surface area (Å²) in [5.41, 5.74) is -1.35. The Morgan fingerprint density at radius 3 is 2.15 bits per heavy atom. The predicted molar refractivity (Wildman–Crippen MR) is 125 cm³/mol. The Labute approximate surface area is 218 Å². The largest absolute Gasteiger partial charge is 0.461 e. The highest BCUT2D eigenvalue weighted by Crippen LogP contribution is 2.39. The van der Waals surface area contributed by atoms with Crippen molar-refractivity contribution in [2.75, 3.05) is 0 Å². The highest BCUT2D eigenvalue weighted by Gasteiger charge is 2.47. The van der Waals surface area contributed by atoms with Crippen molar-refractivity contribution in [3.05, 3.63) is 101 Å². The first-order valence-corrected chi connectivity index (χ1v) is 11.7. The maximum atomic E-state index is 14.8. The second kappa shape index (κ2) is 10.7. The molecule has 3 aromatic carbocycles. The molecular weight excluding hydrogens is 536 g/mol. The van der Waals surface area contributed by atoms with Crippen molar-refractivity contribution in [2.24, 2.45) is 0 Å². The van der Waals surface area contributed by atoms with E-state index in [1.807, 2.05) is 0 Å². The van der Waals surface area contributed by atoms with Gasteiger partial charge in [-0.1, -0.05) is 42.5 Å². The highest BCUT2D eigenvalue weighted by molar-refractivity contribution is 5.76. The summed E-state index contributed by atoms with van der Waals surface area (Å²) in [4.78, 5) is 13.1. The van der Waals surface area contributed by atoms with Gasteiger partial charge in [-0.25, -0.2) is 22.4 Å². The summed E-state index contributed by atoms with van der Waals surface area (Å²) in [5, 5.41) is 5.02. The summed E-state index contributed by atoms with van der Waals surface area (Å²) in [6.45, 7) is 0. The van der Waals surface area contributed by atoms with Crippen LogP contribution >= 0.6 is 0 Å². The smallest absolute Gasteiger partial charge is 0.428 e. The molecule has 12 heteroatoms. The topological polar surface area (TPSA) is 50.4 Å². The molecule has 1 unspecified atom stereocenters. The lowest BCUT2D eigenvalue weighted by Gasteiger charge is -2.39. The van der Waals surface area contributed by atoms with Gasteiger partial charge in [0, 0.05) is 31.4 Å². The molecule has 0 bridgehead atoms. The second-order valence-electron chi connectivity index (χ2n) is 9.27. The average molecular weight is 558 g/mol. The molecule has 0 radical (unpaired) electrons. The molecule has 1 atom stereocenters. The number of alkyl halides is 6. The van der Waals surface area contributed by atoms with E-state index >= 15 is 0 Å². The van der Waals surface area contributed by atoms with Gasteiger partial charge in [0.1, 0.15) is 17.4 Å². The number of rotatable bonds is 9. The van der Waals surface area contributed by atoms with E-state index in [0.29, 0.717) is 11.6 Å². The van der Waals surface area contributed by atoms with Crippen LogP contribution in [-0.4, -0.2) is 30.5 Å². The number of hydrogen-bond acceptors (Lipinski definition) is 2. The zero-order chi connectivity index (χ0) is 28.4. The van der Waals surface area contributed by atoms with Crippen molar-refractivity contribution < 1.29 is 44.7 Å². The molecule has 1 fully saturated rings. The summed E-state index contributed by atoms with van der Waals surface area (Å²) in [6.07, 6.45) is -10.6. The molecule has 2 amide bonds. The third kappa shape index (κ3) is 6.61. The number of ether oxygens (including phenoxy) is 1. The number of benzene rings is 3. The Morgan fingerprint density at radius 1 is 0.923 bits per heavy atom. The number of carbonyl (C=O) groups excluding carboxylic acids is 1. The van der Waals surface area contributed by atoms with Crippen molar-refractivity contribution in [2.45, 2.75) is 49.3 Å². The van der Waals surface area contributed by atoms with Gasteiger partial charge in [-0.05, 0) is 41.0 Å². The standard InChI is InChI=1S/C27H22F8N2O2/c28-19-8-6-17(7-9-19)26(13-16-4-2-1-3-5-16,37-24(38)36-21-14-25(32,33)15-21)18-10-20(29)12-22(11-18)39-27(34,35)23(30)31/h1-12,21,23H,13-15H2,(H2,36,37,38). The summed E-state index contributed by atoms with van der Waals surface area (Å²) < 4.78 is 112. The molecule has 39 heavy (non-hydrogen) atoms. The maximum absolute atomic E-state index is 14.8. The van der Waals surface area contributed by atoms with Crippen LogP contribution in [0.3, 0.4) is 0 Å². The van der Waals surface area contributed by atoms with Crippen LogP contribution in [0.5, 0.6) is 5.75 Å². The van der Waals surface area contributed by atoms with Crippen LogP contribution in [-0.2, 0) is 12.0 Å². The lowest BCUT2D eigenvalue weighted by Crippen LogP contribution is -2.58. The Morgan fingerprint density at radius 2 is 1.56 bits per heavy atom. The minimum absolute atomic E-state index is 0.152. The van der Waals surface area contributed by atoms with Gasteiger partial charge < -0.3 is 15.4 Å². The fourth-order valence-corrected chi connectivity index (χ4v) is 4.44. The van der Waals surface area contributed by atoms with Crippen molar-refractivity contribution in [1.29, 1.82) is 0 Å². The number of urea groups is 1. The molecule has 3 aromatic rings. The van der Waals surface area contributed by atoms with Crippen molar-refractivity contribution in [3.8, 4) is 5.75 Å². The van der Waals surface area contributed by atoms with Crippen LogP contribution in [0.1, 0.15) is 29.5 Å². The Balaban J connectivity index is 1.83. The molecule has 208 valence electrons. The van der Waals surface area contributed by atoms with E-state index in [1.165, 1.54) is 12.1 Å². The molecule has 0 heterocycles. The highest BCUT2D eigenvalue weighted by atomic mass is 19.3. The second-order valence-corrected chi connectivity index (χ2v) is 9.27. The van der Waals surface area contributed by atoms with E-state index in [1.54, 1.807) is 30.3 Å². The van der Waals surface area contributed by atoms with Crippen LogP contribution in [0, 0.1) is 11.6 Å². The van der Waals surface area contributed by atoms with Crippen molar-refractivity contribution in [3.63, 3.8) is 0 Å². The molecule has 1 aliphatic rings. The normalized spacial score (nSPS) is 16.7. The molecule has 0 saturated heterocycles. The van der Waals surface area contributed by atoms with E-state index < -0.39 is 66.3 Å². The molecule has 2 N–H and O–H groups in total. The summed E-state index contributed by atoms with van der Waals surface area (Å²) in [7, 11) is 0. The predicted octanol–water partition coefficient (Wildman–Crippen LogP) is 6.78. The van der Waals surface area contributed by atoms with Crippen molar-refractivity contribution >= 4 is 6.03 Å². The van der Waals surface area contributed by atoms with Gasteiger partial charge >= 0.3 is 18.6 Å². The van der Waals surface area contributed by atoms with E-state index in [-0.39, 0.29) is 17.5 Å². The summed E-state index contributed by atoms with van der Waals surface area (Å²) in [5.74, 6) is -5.72. The number of carbonyl (C=O) groups is 1. The van der Waals surface area contributed by atoms with Gasteiger partial charge in [0.05, 0.1) is 5.54 Å². The number of nitrogens with one attached hydrogen (secondary N) is 2. The first-order valence-electron chi connectivity index (χ1n) is 11.7. The lowest BCUT2D eigenvalue weighted by atomic mass is 9.77. The Kier molecular flexibility index (Phi) is 7.76. The third-order valence-corrected chi connectivity index (χ3v) is 6.27. The summed E-state index contributed by atoms with van der Waals surface area (Å²) in [6, 6.07) is 13.3. The Hall–Kier alpha value is -3.83. The molecule has 0 aliphatic heterocycles. The lowest BCUT2D eigenvalue weighted by molar-refractivity contribution is -0.253. The van der Waals surface area contributed by atoms with Gasteiger partial charge in [-0.3, -0.25) is 0 Å². The molecule has 1 saturated carbocycles. The van der Waals surface area contributed by atoms with Gasteiger partial charge in [-0.2, -0.15) is 17.6 Å². The number of amides is 2. The average Bonchev–Trinajstić information content (AvgIpc) is 2.82. The van der Waals surface area contributed by atoms with Crippen LogP contribution < -0.4 is 15.4 Å². The molecular formula is C27H22F8N2O2. The zero-order valence-electron chi connectivity index (χ0n) is 20.0. The van der Waals surface area contributed by atoms with E-state index in [9.17, 15) is 39.9 Å². The molecule has 1 aliphatic carbocycles. The van der Waals surface area contributed by atoms with E-state index in [4.69, 9.17) is 0 Å². The van der Waals surface area contributed by atoms with Crippen LogP contribution in [0.4, 0.5) is 39.9 Å². The minimum atomic E-state index is -4.96. The van der Waals surface area contributed by atoms with E-state index in [2.05, 4.69) is 15.4 Å². The molecule has 0 aromatic heterocycles. The fraction of sp³-hybridized carbons (Fsp3) is 0.296. The Bertz CT molecular complexity index is 1300. The monoisotopic (exact) mass is 558 g/mol. The fourth-order valence-electron chi connectivity index (χ4n) is 4.44. The zero-order valence-corrected chi connectivity index (χ0v) is 20.0. The summed E-state index contributed by atoms with van der Waals surface area (Å²) >= 11 is 0. The van der Waals surface area contributed by atoms with Crippen LogP contribution in [0.2, 0.25) is 0 Å². The first-order chi connectivity index (χ1) is 18.3. The van der Waals surface area contributed by atoms with Gasteiger partial charge in [-0.15, -0.1) is 0 Å². The molecule has 4 nitrogen and oxygen atoms in total. The SMILES string of the molecule is O=C(NC1CC(F)(F)C1)NC(Cc1ccccc1)(c1ccc(F)cc1)c1cc(F)cc(OC(F)(F)C(F)F)c1. The molecule has 4 rings (SSSR count). The van der Waals surface area contributed by atoms with Crippen LogP contribution in [0.25, 0.3) is 0 Å². The van der Waals surface area contributed by atoms with E-state index in [0.717, 1.165) is 24.3 Å². The molecule has 0 spiro atoms. The van der Waals surface area contributed by atoms with Gasteiger partial charge in [0.15, 0.2) is 0 Å².